The summed E-state index contributed by atoms with van der Waals surface area (Å²) in [4.78, 5) is 4.54. The molecule has 1 aliphatic carbocycles. The largest absolute Gasteiger partial charge is 0.369 e. The number of hydrogen-bond donors (Lipinski definition) is 2. The summed E-state index contributed by atoms with van der Waals surface area (Å²) in [5, 5.41) is 3.49. The molecule has 0 aliphatic heterocycles. The summed E-state index contributed by atoms with van der Waals surface area (Å²) in [6.07, 6.45) is 8.47. The molecule has 1 saturated carbocycles. The Balaban J connectivity index is 1.96. The Bertz CT molecular complexity index is 411. The van der Waals surface area contributed by atoms with Crippen molar-refractivity contribution in [2.75, 3.05) is 18.4 Å². The van der Waals surface area contributed by atoms with Crippen LogP contribution < -0.4 is 11.1 Å². The number of anilines is 1. The predicted molar refractivity (Wildman–Crippen MR) is 86.0 cm³/mol. The van der Waals surface area contributed by atoms with Gasteiger partial charge in [-0.2, -0.15) is 0 Å². The van der Waals surface area contributed by atoms with Crippen molar-refractivity contribution in [1.82, 2.24) is 4.98 Å². The molecule has 20 heavy (non-hydrogen) atoms. The summed E-state index contributed by atoms with van der Waals surface area (Å²) in [7, 11) is 0. The van der Waals surface area contributed by atoms with Crippen molar-refractivity contribution in [3.8, 4) is 0 Å². The molecule has 3 heteroatoms. The van der Waals surface area contributed by atoms with Crippen molar-refractivity contribution in [3.05, 3.63) is 23.9 Å². The molecule has 1 aromatic rings. The van der Waals surface area contributed by atoms with Crippen LogP contribution in [0.5, 0.6) is 0 Å². The van der Waals surface area contributed by atoms with Crippen molar-refractivity contribution < 1.29 is 0 Å². The van der Waals surface area contributed by atoms with Gasteiger partial charge in [0, 0.05) is 12.7 Å². The molecule has 3 N–H and O–H groups in total. The van der Waals surface area contributed by atoms with E-state index < -0.39 is 0 Å². The molecule has 0 atom stereocenters. The lowest BCUT2D eigenvalue weighted by Gasteiger charge is -2.36. The number of aromatic nitrogens is 1. The lowest BCUT2D eigenvalue weighted by Crippen LogP contribution is -2.39. The summed E-state index contributed by atoms with van der Waals surface area (Å²) in [6.45, 7) is 8.36. The van der Waals surface area contributed by atoms with Gasteiger partial charge in [0.2, 0.25) is 0 Å². The topological polar surface area (TPSA) is 50.9 Å². The van der Waals surface area contributed by atoms with E-state index in [1.807, 2.05) is 6.20 Å². The van der Waals surface area contributed by atoms with E-state index in [9.17, 15) is 0 Å². The molecule has 0 unspecified atom stereocenters. The number of nitrogens with zero attached hydrogens (tertiary/aromatic N) is 1. The van der Waals surface area contributed by atoms with Crippen LogP contribution in [0.1, 0.15) is 58.4 Å². The summed E-state index contributed by atoms with van der Waals surface area (Å²) in [5.74, 6) is 0.969. The monoisotopic (exact) mass is 275 g/mol. The molecule has 0 aromatic carbocycles. The maximum atomic E-state index is 6.02. The molecule has 0 bridgehead atoms. The highest BCUT2D eigenvalue weighted by molar-refractivity contribution is 5.37. The second-order valence-electron chi connectivity index (χ2n) is 7.30. The van der Waals surface area contributed by atoms with E-state index >= 15 is 0 Å². The third kappa shape index (κ3) is 3.72. The van der Waals surface area contributed by atoms with Gasteiger partial charge in [-0.25, -0.2) is 4.98 Å². The molecule has 0 radical (unpaired) electrons. The van der Waals surface area contributed by atoms with Gasteiger partial charge in [-0.05, 0) is 41.8 Å². The summed E-state index contributed by atoms with van der Waals surface area (Å²) in [6, 6.07) is 4.26. The molecular weight excluding hydrogens is 246 g/mol. The fourth-order valence-corrected chi connectivity index (χ4v) is 2.97. The first-order chi connectivity index (χ1) is 9.45. The second-order valence-corrected chi connectivity index (χ2v) is 7.30. The maximum Gasteiger partial charge on any atom is 0.125 e. The Labute approximate surface area is 123 Å². The van der Waals surface area contributed by atoms with Crippen LogP contribution in [0.25, 0.3) is 0 Å². The maximum absolute atomic E-state index is 6.02. The van der Waals surface area contributed by atoms with E-state index in [2.05, 4.69) is 43.2 Å². The van der Waals surface area contributed by atoms with Gasteiger partial charge in [0.25, 0.3) is 0 Å². The van der Waals surface area contributed by atoms with E-state index in [0.717, 1.165) is 18.9 Å². The molecule has 2 rings (SSSR count). The first kappa shape index (κ1) is 15.3. The van der Waals surface area contributed by atoms with Crippen LogP contribution in [0.15, 0.2) is 18.3 Å². The van der Waals surface area contributed by atoms with Crippen LogP contribution in [0.4, 0.5) is 5.82 Å². The van der Waals surface area contributed by atoms with Crippen LogP contribution in [-0.4, -0.2) is 18.1 Å². The molecule has 0 spiro atoms. The lowest BCUT2D eigenvalue weighted by atomic mass is 9.74. The highest BCUT2D eigenvalue weighted by Crippen LogP contribution is 2.35. The van der Waals surface area contributed by atoms with Crippen LogP contribution in [0.2, 0.25) is 0 Å². The van der Waals surface area contributed by atoms with Crippen LogP contribution in [0, 0.1) is 5.41 Å². The molecule has 0 saturated heterocycles. The van der Waals surface area contributed by atoms with Gasteiger partial charge in [0.05, 0.1) is 0 Å². The van der Waals surface area contributed by atoms with E-state index in [1.165, 1.54) is 37.7 Å². The zero-order valence-corrected chi connectivity index (χ0v) is 13.2. The Morgan fingerprint density at radius 3 is 2.40 bits per heavy atom. The molecule has 1 heterocycles. The molecule has 112 valence electrons. The SMILES string of the molecule is CC(C)(C)c1ccc(NCC2(CN)CCCCC2)nc1. The number of nitrogens with two attached hydrogens (primary N) is 1. The quantitative estimate of drug-likeness (QED) is 0.881. The predicted octanol–water partition coefficient (Wildman–Crippen LogP) is 3.70. The average Bonchev–Trinajstić information content (AvgIpc) is 2.46. The lowest BCUT2D eigenvalue weighted by molar-refractivity contribution is 0.215. The van der Waals surface area contributed by atoms with E-state index in [4.69, 9.17) is 5.73 Å². The standard InChI is InChI=1S/C17H29N3/c1-16(2,3)14-7-8-15(19-11-14)20-13-17(12-18)9-5-4-6-10-17/h7-8,11H,4-6,9-10,12-13,18H2,1-3H3,(H,19,20). The number of hydrogen-bond acceptors (Lipinski definition) is 3. The molecule has 1 aliphatic rings. The summed E-state index contributed by atoms with van der Waals surface area (Å²) < 4.78 is 0. The van der Waals surface area contributed by atoms with Crippen LogP contribution >= 0.6 is 0 Å². The number of rotatable bonds is 4. The minimum Gasteiger partial charge on any atom is -0.369 e. The highest BCUT2D eigenvalue weighted by Gasteiger charge is 2.30. The van der Waals surface area contributed by atoms with Gasteiger partial charge < -0.3 is 11.1 Å². The average molecular weight is 275 g/mol. The first-order valence-electron chi connectivity index (χ1n) is 7.86. The van der Waals surface area contributed by atoms with E-state index in [0.29, 0.717) is 0 Å². The summed E-state index contributed by atoms with van der Waals surface area (Å²) in [5.41, 5.74) is 7.74. The Morgan fingerprint density at radius 2 is 1.90 bits per heavy atom. The Morgan fingerprint density at radius 1 is 1.20 bits per heavy atom. The normalized spacial score (nSPS) is 18.8. The fraction of sp³-hybridized carbons (Fsp3) is 0.706. The van der Waals surface area contributed by atoms with Crippen LogP contribution in [-0.2, 0) is 5.41 Å². The highest BCUT2D eigenvalue weighted by atomic mass is 15.0. The van der Waals surface area contributed by atoms with E-state index in [-0.39, 0.29) is 10.8 Å². The molecule has 1 fully saturated rings. The van der Waals surface area contributed by atoms with Crippen molar-refractivity contribution >= 4 is 5.82 Å². The van der Waals surface area contributed by atoms with Gasteiger partial charge in [0.15, 0.2) is 0 Å². The van der Waals surface area contributed by atoms with Gasteiger partial charge in [-0.3, -0.25) is 0 Å². The fourth-order valence-electron chi connectivity index (χ4n) is 2.97. The minimum absolute atomic E-state index is 0.160. The second kappa shape index (κ2) is 6.13. The van der Waals surface area contributed by atoms with Gasteiger partial charge in [0.1, 0.15) is 5.82 Å². The van der Waals surface area contributed by atoms with Crippen molar-refractivity contribution in [2.45, 2.75) is 58.3 Å². The van der Waals surface area contributed by atoms with Gasteiger partial charge >= 0.3 is 0 Å². The van der Waals surface area contributed by atoms with Crippen molar-refractivity contribution in [1.29, 1.82) is 0 Å². The third-order valence-electron chi connectivity index (χ3n) is 4.62. The zero-order valence-electron chi connectivity index (χ0n) is 13.2. The molecule has 1 aromatic heterocycles. The van der Waals surface area contributed by atoms with Crippen molar-refractivity contribution in [3.63, 3.8) is 0 Å². The molecule has 0 amide bonds. The Kier molecular flexibility index (Phi) is 4.69. The Hall–Kier alpha value is -1.09. The van der Waals surface area contributed by atoms with Crippen LogP contribution in [0.3, 0.4) is 0 Å². The summed E-state index contributed by atoms with van der Waals surface area (Å²) >= 11 is 0. The number of nitrogens with one attached hydrogen (secondary N) is 1. The molecule has 3 nitrogen and oxygen atoms in total. The third-order valence-corrected chi connectivity index (χ3v) is 4.62. The first-order valence-corrected chi connectivity index (χ1v) is 7.86. The molecular formula is C17H29N3. The number of pyridine rings is 1. The van der Waals surface area contributed by atoms with Gasteiger partial charge in [-0.1, -0.05) is 46.1 Å². The van der Waals surface area contributed by atoms with Crippen molar-refractivity contribution in [2.24, 2.45) is 11.1 Å². The minimum atomic E-state index is 0.160. The van der Waals surface area contributed by atoms with Gasteiger partial charge in [-0.15, -0.1) is 0 Å². The van der Waals surface area contributed by atoms with E-state index in [1.54, 1.807) is 0 Å². The smallest absolute Gasteiger partial charge is 0.125 e. The zero-order chi connectivity index (χ0) is 14.6.